The fourth-order valence-corrected chi connectivity index (χ4v) is 3.43. The molecule has 6 nitrogen and oxygen atoms in total. The first-order chi connectivity index (χ1) is 13.2. The van der Waals surface area contributed by atoms with E-state index < -0.39 is 0 Å². The van der Waals surface area contributed by atoms with Gasteiger partial charge in [0.15, 0.2) is 0 Å². The fraction of sp³-hybridized carbons (Fsp3) is 0.429. The van der Waals surface area contributed by atoms with Crippen LogP contribution in [-0.2, 0) is 22.5 Å². The molecule has 4 rings (SSSR count). The molecule has 2 heterocycles. The van der Waals surface area contributed by atoms with Crippen LogP contribution in [0.25, 0.3) is 0 Å². The minimum atomic E-state index is 0.503. The van der Waals surface area contributed by atoms with E-state index in [0.717, 1.165) is 66.3 Å². The minimum Gasteiger partial charge on any atom is -0.395 e. The van der Waals surface area contributed by atoms with Crippen molar-refractivity contribution in [3.05, 3.63) is 58.2 Å². The second-order valence-corrected chi connectivity index (χ2v) is 7.02. The maximum absolute atomic E-state index is 5.47. The van der Waals surface area contributed by atoms with Crippen LogP contribution in [0.4, 0.5) is 0 Å². The summed E-state index contributed by atoms with van der Waals surface area (Å²) in [6.07, 6.45) is 4.49. The Bertz CT molecular complexity index is 832. The molecule has 0 saturated heterocycles. The molecule has 0 aliphatic heterocycles. The SMILES string of the molecule is Cc1ccc2c(n1)C(=NOCCCON=C1CCc3ccc(C)nc31)CC2. The summed E-state index contributed by atoms with van der Waals surface area (Å²) >= 11 is 0. The average Bonchev–Trinajstić information content (AvgIpc) is 3.24. The fourth-order valence-electron chi connectivity index (χ4n) is 3.43. The lowest BCUT2D eigenvalue weighted by atomic mass is 10.2. The largest absolute Gasteiger partial charge is 0.395 e. The van der Waals surface area contributed by atoms with E-state index in [-0.39, 0.29) is 0 Å². The zero-order valence-electron chi connectivity index (χ0n) is 15.9. The maximum atomic E-state index is 5.47. The van der Waals surface area contributed by atoms with E-state index in [4.69, 9.17) is 9.68 Å². The lowest BCUT2D eigenvalue weighted by molar-refractivity contribution is 0.0897. The first kappa shape index (κ1) is 17.6. The molecule has 0 spiro atoms. The number of nitrogens with zero attached hydrogens (tertiary/aromatic N) is 4. The van der Waals surface area contributed by atoms with E-state index >= 15 is 0 Å². The van der Waals surface area contributed by atoms with E-state index in [1.165, 1.54) is 11.1 Å². The summed E-state index contributed by atoms with van der Waals surface area (Å²) < 4.78 is 0. The van der Waals surface area contributed by atoms with Gasteiger partial charge < -0.3 is 9.68 Å². The van der Waals surface area contributed by atoms with Crippen molar-refractivity contribution in [1.29, 1.82) is 0 Å². The monoisotopic (exact) mass is 364 g/mol. The molecular formula is C21H24N4O2. The van der Waals surface area contributed by atoms with Gasteiger partial charge in [0, 0.05) is 17.8 Å². The van der Waals surface area contributed by atoms with Gasteiger partial charge in [-0.05, 0) is 62.8 Å². The third-order valence-corrected chi connectivity index (χ3v) is 4.87. The molecule has 0 aromatic carbocycles. The third-order valence-electron chi connectivity index (χ3n) is 4.87. The Morgan fingerprint density at radius 1 is 0.741 bits per heavy atom. The number of hydrogen-bond acceptors (Lipinski definition) is 6. The lowest BCUT2D eigenvalue weighted by Gasteiger charge is -2.04. The molecule has 0 saturated carbocycles. The van der Waals surface area contributed by atoms with E-state index in [1.807, 2.05) is 26.0 Å². The quantitative estimate of drug-likeness (QED) is 0.581. The standard InChI is InChI=1S/C21H24N4O2/c1-14-4-6-16-8-10-18(20(16)22-14)24-26-12-3-13-27-25-19-11-9-17-7-5-15(2)23-21(17)19/h4-7H,3,8-13H2,1-2H3. The van der Waals surface area contributed by atoms with Gasteiger partial charge in [0.2, 0.25) is 0 Å². The Morgan fingerprint density at radius 3 is 1.70 bits per heavy atom. The average molecular weight is 364 g/mol. The van der Waals surface area contributed by atoms with Gasteiger partial charge in [-0.15, -0.1) is 0 Å². The lowest BCUT2D eigenvalue weighted by Crippen LogP contribution is -2.03. The van der Waals surface area contributed by atoms with E-state index in [1.54, 1.807) is 0 Å². The molecule has 0 bridgehead atoms. The van der Waals surface area contributed by atoms with Crippen LogP contribution in [0.3, 0.4) is 0 Å². The molecule has 0 amide bonds. The zero-order valence-corrected chi connectivity index (χ0v) is 15.9. The Balaban J connectivity index is 1.23. The summed E-state index contributed by atoms with van der Waals surface area (Å²) in [6, 6.07) is 8.34. The summed E-state index contributed by atoms with van der Waals surface area (Å²) in [5.74, 6) is 0. The van der Waals surface area contributed by atoms with Crippen molar-refractivity contribution >= 4 is 11.4 Å². The molecular weight excluding hydrogens is 340 g/mol. The summed E-state index contributed by atoms with van der Waals surface area (Å²) in [5.41, 5.74) is 8.38. The number of hydrogen-bond donors (Lipinski definition) is 0. The van der Waals surface area contributed by atoms with Crippen LogP contribution < -0.4 is 0 Å². The van der Waals surface area contributed by atoms with Crippen molar-refractivity contribution in [1.82, 2.24) is 9.97 Å². The molecule has 2 aliphatic rings. The molecule has 2 aliphatic carbocycles. The number of rotatable bonds is 6. The summed E-state index contributed by atoms with van der Waals surface area (Å²) in [5, 5.41) is 8.55. The highest BCUT2D eigenvalue weighted by atomic mass is 16.6. The number of aryl methyl sites for hydroxylation is 4. The molecule has 0 atom stereocenters. The Hall–Kier alpha value is -2.76. The Labute approximate surface area is 159 Å². The molecule has 27 heavy (non-hydrogen) atoms. The topological polar surface area (TPSA) is 69.0 Å². The van der Waals surface area contributed by atoms with Crippen LogP contribution >= 0.6 is 0 Å². The summed E-state index contributed by atoms with van der Waals surface area (Å²) in [6.45, 7) is 5.00. The van der Waals surface area contributed by atoms with Crippen LogP contribution in [-0.4, -0.2) is 34.6 Å². The number of oxime groups is 2. The number of aromatic nitrogens is 2. The molecule has 0 N–H and O–H groups in total. The van der Waals surface area contributed by atoms with Crippen molar-refractivity contribution in [3.8, 4) is 0 Å². The minimum absolute atomic E-state index is 0.503. The summed E-state index contributed by atoms with van der Waals surface area (Å²) in [7, 11) is 0. The third kappa shape index (κ3) is 3.99. The van der Waals surface area contributed by atoms with Crippen LogP contribution in [0, 0.1) is 13.8 Å². The maximum Gasteiger partial charge on any atom is 0.120 e. The van der Waals surface area contributed by atoms with Crippen molar-refractivity contribution in [3.63, 3.8) is 0 Å². The predicted octanol–water partition coefficient (Wildman–Crippen LogP) is 3.52. The van der Waals surface area contributed by atoms with Crippen molar-refractivity contribution in [2.75, 3.05) is 13.2 Å². The second-order valence-electron chi connectivity index (χ2n) is 7.02. The van der Waals surface area contributed by atoms with Crippen LogP contribution in [0.15, 0.2) is 34.6 Å². The highest BCUT2D eigenvalue weighted by molar-refractivity contribution is 6.03. The van der Waals surface area contributed by atoms with Gasteiger partial charge in [0.05, 0.1) is 11.4 Å². The van der Waals surface area contributed by atoms with Gasteiger partial charge in [0.1, 0.15) is 24.6 Å². The van der Waals surface area contributed by atoms with Gasteiger partial charge in [-0.1, -0.05) is 22.4 Å². The Kier molecular flexibility index (Phi) is 5.14. The van der Waals surface area contributed by atoms with Crippen molar-refractivity contribution in [2.24, 2.45) is 10.3 Å². The first-order valence-electron chi connectivity index (χ1n) is 9.52. The van der Waals surface area contributed by atoms with Gasteiger partial charge >= 0.3 is 0 Å². The Morgan fingerprint density at radius 2 is 1.22 bits per heavy atom. The van der Waals surface area contributed by atoms with E-state index in [2.05, 4.69) is 32.4 Å². The molecule has 0 radical (unpaired) electrons. The molecule has 2 aromatic rings. The van der Waals surface area contributed by atoms with E-state index in [9.17, 15) is 0 Å². The molecule has 0 unspecified atom stereocenters. The second kappa shape index (κ2) is 7.86. The molecule has 2 aromatic heterocycles. The number of fused-ring (bicyclic) bond motifs is 2. The highest BCUT2D eigenvalue weighted by Gasteiger charge is 2.20. The van der Waals surface area contributed by atoms with Crippen molar-refractivity contribution < 1.29 is 9.68 Å². The predicted molar refractivity (Wildman–Crippen MR) is 104 cm³/mol. The van der Waals surface area contributed by atoms with Gasteiger partial charge in [-0.25, -0.2) is 0 Å². The molecule has 140 valence electrons. The highest BCUT2D eigenvalue weighted by Crippen LogP contribution is 2.22. The normalized spacial score (nSPS) is 18.0. The van der Waals surface area contributed by atoms with Crippen molar-refractivity contribution in [2.45, 2.75) is 46.0 Å². The summed E-state index contributed by atoms with van der Waals surface area (Å²) in [4.78, 5) is 20.1. The van der Waals surface area contributed by atoms with Crippen LogP contribution in [0.1, 0.15) is 53.2 Å². The first-order valence-corrected chi connectivity index (χ1v) is 9.52. The van der Waals surface area contributed by atoms with Crippen LogP contribution in [0.5, 0.6) is 0 Å². The van der Waals surface area contributed by atoms with E-state index in [0.29, 0.717) is 13.2 Å². The smallest absolute Gasteiger partial charge is 0.120 e. The number of pyridine rings is 2. The van der Waals surface area contributed by atoms with Gasteiger partial charge in [-0.2, -0.15) is 0 Å². The zero-order chi connectivity index (χ0) is 18.6. The van der Waals surface area contributed by atoms with Gasteiger partial charge in [0.25, 0.3) is 0 Å². The molecule has 0 fully saturated rings. The van der Waals surface area contributed by atoms with Crippen LogP contribution in [0.2, 0.25) is 0 Å². The molecule has 6 heteroatoms. The van der Waals surface area contributed by atoms with Gasteiger partial charge in [-0.3, -0.25) is 9.97 Å².